The summed E-state index contributed by atoms with van der Waals surface area (Å²) in [6.45, 7) is 1.38. The lowest BCUT2D eigenvalue weighted by Gasteiger charge is -2.20. The zero-order valence-electron chi connectivity index (χ0n) is 12.0. The molecule has 0 saturated heterocycles. The number of rotatable bonds is 6. The summed E-state index contributed by atoms with van der Waals surface area (Å²) in [5.74, 6) is -0.178. The third kappa shape index (κ3) is 4.73. The van der Waals surface area contributed by atoms with Crippen LogP contribution in [0.4, 0.5) is 0 Å². The van der Waals surface area contributed by atoms with E-state index < -0.39 is 18.2 Å². The Kier molecular flexibility index (Phi) is 6.67. The van der Waals surface area contributed by atoms with Gasteiger partial charge in [0, 0.05) is 18.2 Å². The Bertz CT molecular complexity index is 516. The molecule has 0 saturated carbocycles. The fourth-order valence-electron chi connectivity index (χ4n) is 1.71. The lowest BCUT2D eigenvalue weighted by Crippen LogP contribution is -2.22. The van der Waals surface area contributed by atoms with E-state index in [1.807, 2.05) is 0 Å². The third-order valence-corrected chi connectivity index (χ3v) is 3.71. The summed E-state index contributed by atoms with van der Waals surface area (Å²) < 4.78 is 9.72. The zero-order valence-corrected chi connectivity index (χ0v) is 12.8. The number of hydrogen-bond acceptors (Lipinski definition) is 7. The van der Waals surface area contributed by atoms with E-state index in [0.29, 0.717) is 5.75 Å². The smallest absolute Gasteiger partial charge is 0.337 e. The van der Waals surface area contributed by atoms with E-state index in [1.165, 1.54) is 39.3 Å². The Morgan fingerprint density at radius 3 is 2.48 bits per heavy atom. The van der Waals surface area contributed by atoms with Gasteiger partial charge in [-0.05, 0) is 18.2 Å². The number of thioether (sulfide) groups is 1. The van der Waals surface area contributed by atoms with Gasteiger partial charge in [-0.3, -0.25) is 4.79 Å². The number of aliphatic hydroxyl groups excluding tert-OH is 2. The van der Waals surface area contributed by atoms with Gasteiger partial charge in [-0.15, -0.1) is 0 Å². The average Bonchev–Trinajstić information content (AvgIpc) is 2.50. The molecule has 0 spiro atoms. The molecule has 0 aliphatic rings. The number of methoxy groups -OCH3 is 2. The molecule has 0 bridgehead atoms. The van der Waals surface area contributed by atoms with Gasteiger partial charge in [0.25, 0.3) is 0 Å². The first-order valence-corrected chi connectivity index (χ1v) is 7.15. The van der Waals surface area contributed by atoms with Crippen molar-refractivity contribution in [1.29, 1.82) is 0 Å². The minimum Gasteiger partial charge on any atom is -0.496 e. The lowest BCUT2D eigenvalue weighted by atomic mass is 10.0. The SMILES string of the molecule is COC(=O)c1ccc(OC)c(C(O)C(O)CSC(C)=O)c1. The van der Waals surface area contributed by atoms with Crippen molar-refractivity contribution in [3.05, 3.63) is 29.3 Å². The molecule has 0 fully saturated rings. The van der Waals surface area contributed by atoms with Crippen LogP contribution in [0.1, 0.15) is 28.9 Å². The van der Waals surface area contributed by atoms with E-state index in [4.69, 9.17) is 4.74 Å². The number of benzene rings is 1. The van der Waals surface area contributed by atoms with Gasteiger partial charge < -0.3 is 19.7 Å². The second-order valence-electron chi connectivity index (χ2n) is 4.26. The van der Waals surface area contributed by atoms with Crippen LogP contribution >= 0.6 is 11.8 Å². The molecule has 1 aromatic carbocycles. The topological polar surface area (TPSA) is 93.1 Å². The fraction of sp³-hybridized carbons (Fsp3) is 0.429. The molecule has 1 aromatic rings. The quantitative estimate of drug-likeness (QED) is 0.761. The van der Waals surface area contributed by atoms with E-state index in [9.17, 15) is 19.8 Å². The minimum absolute atomic E-state index is 0.0438. The maximum Gasteiger partial charge on any atom is 0.337 e. The van der Waals surface area contributed by atoms with Gasteiger partial charge in [0.15, 0.2) is 5.12 Å². The molecule has 0 aliphatic carbocycles. The maximum absolute atomic E-state index is 11.5. The normalized spacial score (nSPS) is 13.4. The lowest BCUT2D eigenvalue weighted by molar-refractivity contribution is -0.109. The van der Waals surface area contributed by atoms with Gasteiger partial charge in [-0.2, -0.15) is 0 Å². The van der Waals surface area contributed by atoms with E-state index >= 15 is 0 Å². The van der Waals surface area contributed by atoms with E-state index in [0.717, 1.165) is 11.8 Å². The highest BCUT2D eigenvalue weighted by Gasteiger charge is 2.24. The Morgan fingerprint density at radius 2 is 1.95 bits per heavy atom. The Labute approximate surface area is 127 Å². The number of hydrogen-bond donors (Lipinski definition) is 2. The van der Waals surface area contributed by atoms with Crippen LogP contribution in [-0.2, 0) is 9.53 Å². The molecular weight excluding hydrogens is 296 g/mol. The van der Waals surface area contributed by atoms with Crippen molar-refractivity contribution in [3.63, 3.8) is 0 Å². The largest absolute Gasteiger partial charge is 0.496 e. The van der Waals surface area contributed by atoms with Crippen molar-refractivity contribution in [3.8, 4) is 5.75 Å². The highest BCUT2D eigenvalue weighted by atomic mass is 32.2. The van der Waals surface area contributed by atoms with Crippen molar-refractivity contribution in [2.75, 3.05) is 20.0 Å². The van der Waals surface area contributed by atoms with Crippen molar-refractivity contribution < 1.29 is 29.3 Å². The highest BCUT2D eigenvalue weighted by molar-refractivity contribution is 8.13. The average molecular weight is 314 g/mol. The van der Waals surface area contributed by atoms with E-state index in [-0.39, 0.29) is 22.0 Å². The molecule has 0 radical (unpaired) electrons. The summed E-state index contributed by atoms with van der Waals surface area (Å²) in [6, 6.07) is 4.41. The van der Waals surface area contributed by atoms with Crippen LogP contribution in [-0.4, -0.2) is 47.4 Å². The molecule has 2 atom stereocenters. The first-order valence-electron chi connectivity index (χ1n) is 6.16. The molecule has 0 heterocycles. The van der Waals surface area contributed by atoms with Gasteiger partial charge >= 0.3 is 5.97 Å². The first-order chi connectivity index (χ1) is 9.90. The predicted octanol–water partition coefficient (Wildman–Crippen LogP) is 1.16. The summed E-state index contributed by atoms with van der Waals surface area (Å²) in [6.07, 6.45) is -2.45. The fourth-order valence-corrected chi connectivity index (χ4v) is 2.30. The molecule has 6 nitrogen and oxygen atoms in total. The van der Waals surface area contributed by atoms with Gasteiger partial charge in [0.1, 0.15) is 11.9 Å². The highest BCUT2D eigenvalue weighted by Crippen LogP contribution is 2.30. The standard InChI is InChI=1S/C14H18O6S/c1-8(15)21-7-11(16)13(17)10-6-9(14(18)20-3)4-5-12(10)19-2/h4-6,11,13,16-17H,7H2,1-3H3. The van der Waals surface area contributed by atoms with Crippen molar-refractivity contribution >= 4 is 22.8 Å². The number of aliphatic hydroxyl groups is 2. The van der Waals surface area contributed by atoms with Crippen molar-refractivity contribution in [2.45, 2.75) is 19.1 Å². The third-order valence-electron chi connectivity index (χ3n) is 2.79. The molecule has 0 aromatic heterocycles. The van der Waals surface area contributed by atoms with Crippen molar-refractivity contribution in [1.82, 2.24) is 0 Å². The number of carbonyl (C=O) groups is 2. The van der Waals surface area contributed by atoms with Crippen LogP contribution in [0.5, 0.6) is 5.75 Å². The molecular formula is C14H18O6S. The molecule has 21 heavy (non-hydrogen) atoms. The Morgan fingerprint density at radius 1 is 1.29 bits per heavy atom. The first kappa shape index (κ1) is 17.5. The summed E-state index contributed by atoms with van der Waals surface area (Å²) in [5.41, 5.74) is 0.496. The van der Waals surface area contributed by atoms with E-state index in [1.54, 1.807) is 0 Å². The second kappa shape index (κ2) is 8.02. The molecule has 116 valence electrons. The van der Waals surface area contributed by atoms with Gasteiger partial charge in [-0.1, -0.05) is 11.8 Å². The van der Waals surface area contributed by atoms with Crippen LogP contribution in [0.3, 0.4) is 0 Å². The molecule has 0 amide bonds. The monoisotopic (exact) mass is 314 g/mol. The van der Waals surface area contributed by atoms with Gasteiger partial charge in [0.05, 0.1) is 25.9 Å². The van der Waals surface area contributed by atoms with Crippen LogP contribution < -0.4 is 4.74 Å². The molecule has 0 aliphatic heterocycles. The second-order valence-corrected chi connectivity index (χ2v) is 5.46. The number of ether oxygens (including phenoxy) is 2. The Hall–Kier alpha value is -1.57. The van der Waals surface area contributed by atoms with Crippen molar-refractivity contribution in [2.24, 2.45) is 0 Å². The van der Waals surface area contributed by atoms with Gasteiger partial charge in [-0.25, -0.2) is 4.79 Å². The van der Waals surface area contributed by atoms with Gasteiger partial charge in [0.2, 0.25) is 0 Å². The predicted molar refractivity (Wildman–Crippen MR) is 78.4 cm³/mol. The number of carbonyl (C=O) groups excluding carboxylic acids is 2. The molecule has 2 unspecified atom stereocenters. The summed E-state index contributed by atoms with van der Waals surface area (Å²) in [4.78, 5) is 22.4. The number of esters is 1. The Balaban J connectivity index is 3.02. The summed E-state index contributed by atoms with van der Waals surface area (Å²) in [7, 11) is 2.67. The summed E-state index contributed by atoms with van der Waals surface area (Å²) in [5, 5.41) is 20.0. The van der Waals surface area contributed by atoms with Crippen LogP contribution in [0, 0.1) is 0 Å². The van der Waals surface area contributed by atoms with Crippen LogP contribution in [0.15, 0.2) is 18.2 Å². The maximum atomic E-state index is 11.5. The summed E-state index contributed by atoms with van der Waals surface area (Å²) >= 11 is 0.909. The zero-order chi connectivity index (χ0) is 16.0. The minimum atomic E-state index is -1.28. The molecule has 7 heteroatoms. The van der Waals surface area contributed by atoms with Crippen LogP contribution in [0.25, 0.3) is 0 Å². The molecule has 1 rings (SSSR count). The van der Waals surface area contributed by atoms with Crippen LogP contribution in [0.2, 0.25) is 0 Å². The molecule has 2 N–H and O–H groups in total. The van der Waals surface area contributed by atoms with E-state index in [2.05, 4.69) is 4.74 Å².